The van der Waals surface area contributed by atoms with Crippen molar-refractivity contribution in [2.45, 2.75) is 17.2 Å². The predicted octanol–water partition coefficient (Wildman–Crippen LogP) is 5.47. The molecular weight excluding hydrogens is 529 g/mol. The Hall–Kier alpha value is -2.97. The summed E-state index contributed by atoms with van der Waals surface area (Å²) in [6.07, 6.45) is 1.59. The molecule has 1 aliphatic rings. The highest BCUT2D eigenvalue weighted by molar-refractivity contribution is 7.90. The first-order valence-corrected chi connectivity index (χ1v) is 14.3. The number of pyridine rings is 1. The minimum Gasteiger partial charge on any atom is -0.336 e. The summed E-state index contributed by atoms with van der Waals surface area (Å²) >= 11 is 12.3. The lowest BCUT2D eigenvalue weighted by molar-refractivity contribution is 0.0628. The van der Waals surface area contributed by atoms with Gasteiger partial charge in [0, 0.05) is 59.9 Å². The van der Waals surface area contributed by atoms with Gasteiger partial charge in [0.1, 0.15) is 0 Å². The number of hydrogen-bond acceptors (Lipinski definition) is 5. The van der Waals surface area contributed by atoms with Crippen molar-refractivity contribution in [2.75, 3.05) is 26.2 Å². The summed E-state index contributed by atoms with van der Waals surface area (Å²) in [6, 6.07) is 21.1. The monoisotopic (exact) mass is 553 g/mol. The number of carbonyl (C=O) groups excluding carboxylic acids is 1. The number of fused-ring (bicyclic) bond motifs is 1. The summed E-state index contributed by atoms with van der Waals surface area (Å²) < 4.78 is 26.3. The standard InChI is InChI=1S/C28H25Cl2N3O3S/c29-24-11-10-23(25(30)17-24)18-32-13-15-33(16-14-32)28(34)22-8-6-20(7-9-22)19-37(35,36)26-5-1-3-21-4-2-12-31-27(21)26/h1-12,17H,13-16,18-19H2. The number of carbonyl (C=O) groups is 1. The van der Waals surface area contributed by atoms with Crippen molar-refractivity contribution in [2.24, 2.45) is 0 Å². The molecule has 37 heavy (non-hydrogen) atoms. The van der Waals surface area contributed by atoms with E-state index in [-0.39, 0.29) is 16.6 Å². The van der Waals surface area contributed by atoms with Gasteiger partial charge < -0.3 is 4.90 Å². The first kappa shape index (κ1) is 25.7. The zero-order valence-electron chi connectivity index (χ0n) is 20.0. The highest BCUT2D eigenvalue weighted by atomic mass is 35.5. The van der Waals surface area contributed by atoms with Crippen LogP contribution in [0.3, 0.4) is 0 Å². The van der Waals surface area contributed by atoms with Crippen LogP contribution < -0.4 is 0 Å². The van der Waals surface area contributed by atoms with E-state index in [4.69, 9.17) is 23.2 Å². The van der Waals surface area contributed by atoms with Crippen molar-refractivity contribution in [1.82, 2.24) is 14.8 Å². The Labute approximate surface area is 226 Å². The number of amides is 1. The Morgan fingerprint density at radius 1 is 0.892 bits per heavy atom. The number of rotatable bonds is 6. The van der Waals surface area contributed by atoms with E-state index >= 15 is 0 Å². The molecule has 1 aliphatic heterocycles. The summed E-state index contributed by atoms with van der Waals surface area (Å²) in [7, 11) is -3.61. The molecule has 0 radical (unpaired) electrons. The number of benzene rings is 3. The van der Waals surface area contributed by atoms with Crippen molar-refractivity contribution in [3.63, 3.8) is 0 Å². The second kappa shape index (κ2) is 10.8. The number of aromatic nitrogens is 1. The van der Waals surface area contributed by atoms with Gasteiger partial charge in [-0.2, -0.15) is 0 Å². The molecule has 5 rings (SSSR count). The molecule has 190 valence electrons. The van der Waals surface area contributed by atoms with Crippen molar-refractivity contribution in [1.29, 1.82) is 0 Å². The van der Waals surface area contributed by atoms with E-state index in [1.54, 1.807) is 54.7 Å². The summed E-state index contributed by atoms with van der Waals surface area (Å²) in [5.41, 5.74) is 2.64. The average molecular weight is 554 g/mol. The first-order valence-electron chi connectivity index (χ1n) is 11.9. The van der Waals surface area contributed by atoms with Crippen LogP contribution in [-0.2, 0) is 22.1 Å². The smallest absolute Gasteiger partial charge is 0.253 e. The number of piperazine rings is 1. The number of nitrogens with zero attached hydrogens (tertiary/aromatic N) is 3. The van der Waals surface area contributed by atoms with Crippen LogP contribution in [0, 0.1) is 0 Å². The number of sulfone groups is 1. The van der Waals surface area contributed by atoms with Crippen LogP contribution in [0.2, 0.25) is 10.0 Å². The molecule has 6 nitrogen and oxygen atoms in total. The third kappa shape index (κ3) is 5.80. The van der Waals surface area contributed by atoms with Crippen LogP contribution in [0.15, 0.2) is 83.9 Å². The molecule has 0 saturated carbocycles. The Morgan fingerprint density at radius 3 is 2.35 bits per heavy atom. The third-order valence-corrected chi connectivity index (χ3v) is 8.86. The Bertz CT molecular complexity index is 1550. The normalized spacial score (nSPS) is 14.7. The fourth-order valence-electron chi connectivity index (χ4n) is 4.55. The molecule has 2 heterocycles. The van der Waals surface area contributed by atoms with Gasteiger partial charge in [0.2, 0.25) is 0 Å². The maximum atomic E-state index is 13.1. The van der Waals surface area contributed by atoms with E-state index in [9.17, 15) is 13.2 Å². The average Bonchev–Trinajstić information content (AvgIpc) is 2.90. The minimum absolute atomic E-state index is 0.0585. The Kier molecular flexibility index (Phi) is 7.49. The molecule has 0 bridgehead atoms. The van der Waals surface area contributed by atoms with Gasteiger partial charge in [-0.3, -0.25) is 14.7 Å². The summed E-state index contributed by atoms with van der Waals surface area (Å²) in [6.45, 7) is 3.39. The van der Waals surface area contributed by atoms with Crippen molar-refractivity contribution in [3.8, 4) is 0 Å². The highest BCUT2D eigenvalue weighted by Gasteiger charge is 2.23. The van der Waals surface area contributed by atoms with Gasteiger partial charge >= 0.3 is 0 Å². The fraction of sp³-hybridized carbons (Fsp3) is 0.214. The van der Waals surface area contributed by atoms with E-state index in [1.165, 1.54) is 0 Å². The maximum Gasteiger partial charge on any atom is 0.253 e. The highest BCUT2D eigenvalue weighted by Crippen LogP contribution is 2.25. The topological polar surface area (TPSA) is 70.6 Å². The molecule has 1 fully saturated rings. The summed E-state index contributed by atoms with van der Waals surface area (Å²) in [4.78, 5) is 21.6. The Morgan fingerprint density at radius 2 is 1.62 bits per heavy atom. The summed E-state index contributed by atoms with van der Waals surface area (Å²) in [5.74, 6) is -0.222. The van der Waals surface area contributed by atoms with Gasteiger partial charge in [-0.05, 0) is 47.5 Å². The van der Waals surface area contributed by atoms with E-state index in [0.29, 0.717) is 46.3 Å². The summed E-state index contributed by atoms with van der Waals surface area (Å²) in [5, 5.41) is 2.03. The first-order chi connectivity index (χ1) is 17.8. The quantitative estimate of drug-likeness (QED) is 0.316. The zero-order valence-corrected chi connectivity index (χ0v) is 22.3. The van der Waals surface area contributed by atoms with Gasteiger partial charge in [0.05, 0.1) is 16.2 Å². The van der Waals surface area contributed by atoms with Gasteiger partial charge in [-0.25, -0.2) is 8.42 Å². The van der Waals surface area contributed by atoms with Crippen LogP contribution in [0.5, 0.6) is 0 Å². The number of hydrogen-bond donors (Lipinski definition) is 0. The molecule has 4 aromatic rings. The molecule has 1 aromatic heterocycles. The van der Waals surface area contributed by atoms with Crippen LogP contribution in [0.4, 0.5) is 0 Å². The lowest BCUT2D eigenvalue weighted by atomic mass is 10.1. The van der Waals surface area contributed by atoms with Gasteiger partial charge in [0.25, 0.3) is 5.91 Å². The largest absolute Gasteiger partial charge is 0.336 e. The molecule has 0 aliphatic carbocycles. The molecule has 3 aromatic carbocycles. The molecule has 0 N–H and O–H groups in total. The number of halogens is 2. The molecule has 0 atom stereocenters. The predicted molar refractivity (Wildman–Crippen MR) is 147 cm³/mol. The maximum absolute atomic E-state index is 13.1. The SMILES string of the molecule is O=C(c1ccc(CS(=O)(=O)c2cccc3cccnc23)cc1)N1CCN(Cc2ccc(Cl)cc2Cl)CC1. The van der Waals surface area contributed by atoms with Gasteiger partial charge in [-0.15, -0.1) is 0 Å². The van der Waals surface area contributed by atoms with Crippen LogP contribution in [0.25, 0.3) is 10.9 Å². The second-order valence-electron chi connectivity index (χ2n) is 9.09. The molecule has 1 amide bonds. The third-order valence-electron chi connectivity index (χ3n) is 6.56. The van der Waals surface area contributed by atoms with E-state index in [0.717, 1.165) is 24.0 Å². The molecule has 0 spiro atoms. The Balaban J connectivity index is 1.21. The zero-order chi connectivity index (χ0) is 26.0. The van der Waals surface area contributed by atoms with Crippen LogP contribution >= 0.6 is 23.2 Å². The molecule has 0 unspecified atom stereocenters. The molecular formula is C28H25Cl2N3O3S. The fourth-order valence-corrected chi connectivity index (χ4v) is 6.56. The van der Waals surface area contributed by atoms with E-state index < -0.39 is 9.84 Å². The second-order valence-corrected chi connectivity index (χ2v) is 11.9. The van der Waals surface area contributed by atoms with Crippen molar-refractivity contribution in [3.05, 3.63) is 106 Å². The van der Waals surface area contributed by atoms with Gasteiger partial charge in [0.15, 0.2) is 9.84 Å². The van der Waals surface area contributed by atoms with Crippen molar-refractivity contribution >= 4 is 49.8 Å². The van der Waals surface area contributed by atoms with Crippen molar-refractivity contribution < 1.29 is 13.2 Å². The van der Waals surface area contributed by atoms with Crippen LogP contribution in [0.1, 0.15) is 21.5 Å². The minimum atomic E-state index is -3.61. The van der Waals surface area contributed by atoms with Gasteiger partial charge in [-0.1, -0.05) is 59.6 Å². The molecule has 1 saturated heterocycles. The lowest BCUT2D eigenvalue weighted by Gasteiger charge is -2.35. The molecule has 9 heteroatoms. The lowest BCUT2D eigenvalue weighted by Crippen LogP contribution is -2.48. The van der Waals surface area contributed by atoms with E-state index in [2.05, 4.69) is 9.88 Å². The van der Waals surface area contributed by atoms with Crippen LogP contribution in [-0.4, -0.2) is 55.3 Å². The number of para-hydroxylation sites is 1. The van der Waals surface area contributed by atoms with E-state index in [1.807, 2.05) is 29.2 Å².